The van der Waals surface area contributed by atoms with Crippen LogP contribution >= 0.6 is 0 Å². The van der Waals surface area contributed by atoms with E-state index in [-0.39, 0.29) is 30.1 Å². The molecule has 13 heteroatoms. The Morgan fingerprint density at radius 3 is 1.53 bits per heavy atom. The van der Waals surface area contributed by atoms with Gasteiger partial charge in [-0.2, -0.15) is 0 Å². The first-order valence-electron chi connectivity index (χ1n) is 14.2. The highest BCUT2D eigenvalue weighted by Crippen LogP contribution is 2.33. The molecule has 0 saturated heterocycles. The number of hydrogen-bond donors (Lipinski definition) is 4. The minimum absolute atomic E-state index is 0.0521. The van der Waals surface area contributed by atoms with Crippen molar-refractivity contribution in [1.29, 1.82) is 0 Å². The number of nitrogens with one attached hydrogen (secondary N) is 2. The Morgan fingerprint density at radius 2 is 1.13 bits per heavy atom. The highest BCUT2D eigenvalue weighted by Gasteiger charge is 2.56. The average Bonchev–Trinajstić information content (AvgIpc) is 3.02. The van der Waals surface area contributed by atoms with E-state index < -0.39 is 60.8 Å². The Hall–Kier alpha value is -5.59. The van der Waals surface area contributed by atoms with E-state index in [1.807, 2.05) is 0 Å². The number of aliphatic carboxylic acids is 2. The average molecular weight is 622 g/mol. The van der Waals surface area contributed by atoms with E-state index in [1.54, 1.807) is 68.4 Å². The summed E-state index contributed by atoms with van der Waals surface area (Å²) in [5.74, 6) is -2.62. The standard InChI is InChI=1S/C32H35N3O10/c1-3-25(33-29(40)43-22-14-8-5-9-15-22)32(28(38)39,21-20-27(36)37)35(31(42)45-24-18-12-7-13-19-24)26(4-2)34-30(41)44-23-16-10-6-11-17-23/h5-19,25-26H,3-4,20-21H2,1-2H3,(H,33,40)(H,34,41)(H,36,37)(H,38,39)/t25?,26?,32-/m1/s1. The number of carboxylic acids is 2. The molecule has 3 atom stereocenters. The van der Waals surface area contributed by atoms with E-state index in [0.717, 1.165) is 4.90 Å². The number of nitrogens with zero attached hydrogens (tertiary/aromatic N) is 1. The van der Waals surface area contributed by atoms with Gasteiger partial charge < -0.3 is 35.1 Å². The van der Waals surface area contributed by atoms with Gasteiger partial charge >= 0.3 is 30.2 Å². The summed E-state index contributed by atoms with van der Waals surface area (Å²) < 4.78 is 16.2. The molecule has 4 N–H and O–H groups in total. The molecule has 45 heavy (non-hydrogen) atoms. The molecular formula is C32H35N3O10. The van der Waals surface area contributed by atoms with E-state index in [4.69, 9.17) is 14.2 Å². The fraction of sp³-hybridized carbons (Fsp3) is 0.281. The van der Waals surface area contributed by atoms with Gasteiger partial charge in [-0.15, -0.1) is 0 Å². The number of carbonyl (C=O) groups excluding carboxylic acids is 3. The van der Waals surface area contributed by atoms with Crippen LogP contribution in [0.2, 0.25) is 0 Å². The lowest BCUT2D eigenvalue weighted by Crippen LogP contribution is -2.72. The van der Waals surface area contributed by atoms with Gasteiger partial charge in [-0.1, -0.05) is 68.4 Å². The molecule has 3 amide bonds. The van der Waals surface area contributed by atoms with Gasteiger partial charge in [-0.05, 0) is 55.7 Å². The molecule has 3 aromatic carbocycles. The van der Waals surface area contributed by atoms with Gasteiger partial charge in [-0.3, -0.25) is 9.69 Å². The van der Waals surface area contributed by atoms with Gasteiger partial charge in [0.2, 0.25) is 0 Å². The highest BCUT2D eigenvalue weighted by molar-refractivity contribution is 5.88. The molecule has 13 nitrogen and oxygen atoms in total. The fourth-order valence-corrected chi connectivity index (χ4v) is 4.76. The van der Waals surface area contributed by atoms with Crippen LogP contribution in [0.15, 0.2) is 91.0 Å². The summed E-state index contributed by atoms with van der Waals surface area (Å²) in [6.45, 7) is 3.11. The normalized spacial score (nSPS) is 13.2. The van der Waals surface area contributed by atoms with Gasteiger partial charge in [0.05, 0.1) is 6.04 Å². The molecule has 0 aliphatic carbocycles. The van der Waals surface area contributed by atoms with Crippen LogP contribution in [-0.2, 0) is 9.59 Å². The summed E-state index contributed by atoms with van der Waals surface area (Å²) in [5.41, 5.74) is -2.48. The number of rotatable bonds is 14. The van der Waals surface area contributed by atoms with Crippen molar-refractivity contribution in [3.63, 3.8) is 0 Å². The Labute approximate surface area is 259 Å². The monoisotopic (exact) mass is 621 g/mol. The molecule has 0 heterocycles. The predicted molar refractivity (Wildman–Crippen MR) is 161 cm³/mol. The molecule has 0 saturated carbocycles. The first-order valence-corrected chi connectivity index (χ1v) is 14.2. The molecule has 238 valence electrons. The lowest BCUT2D eigenvalue weighted by Gasteiger charge is -2.47. The zero-order chi connectivity index (χ0) is 32.8. The SMILES string of the molecule is CCC(NC(=O)Oc1ccccc1)N(C(=O)Oc1ccccc1)[C@@](CCC(=O)O)(C(=O)O)C(CC)NC(=O)Oc1ccccc1. The molecule has 0 fully saturated rings. The molecule has 3 aromatic rings. The van der Waals surface area contributed by atoms with Gasteiger partial charge in [0.1, 0.15) is 23.4 Å². The maximum absolute atomic E-state index is 14.0. The molecule has 0 spiro atoms. The quantitative estimate of drug-likeness (QED) is 0.173. The molecule has 0 radical (unpaired) electrons. The third-order valence-corrected chi connectivity index (χ3v) is 6.83. The van der Waals surface area contributed by atoms with Crippen LogP contribution in [0.5, 0.6) is 17.2 Å². The first kappa shape index (κ1) is 33.9. The summed E-state index contributed by atoms with van der Waals surface area (Å²) in [7, 11) is 0. The maximum atomic E-state index is 14.0. The van der Waals surface area contributed by atoms with Gasteiger partial charge in [0.15, 0.2) is 5.54 Å². The van der Waals surface area contributed by atoms with Crippen LogP contribution in [0.4, 0.5) is 14.4 Å². The summed E-state index contributed by atoms with van der Waals surface area (Å²) >= 11 is 0. The van der Waals surface area contributed by atoms with E-state index in [2.05, 4.69) is 10.6 Å². The smallest absolute Gasteiger partial charge is 0.417 e. The minimum atomic E-state index is -2.48. The summed E-state index contributed by atoms with van der Waals surface area (Å²) in [6, 6.07) is 22.3. The van der Waals surface area contributed by atoms with Crippen molar-refractivity contribution < 1.29 is 48.4 Å². The van der Waals surface area contributed by atoms with E-state index >= 15 is 0 Å². The van der Waals surface area contributed by atoms with Gasteiger partial charge in [0.25, 0.3) is 0 Å². The van der Waals surface area contributed by atoms with Crippen LogP contribution < -0.4 is 24.8 Å². The van der Waals surface area contributed by atoms with E-state index in [0.29, 0.717) is 0 Å². The minimum Gasteiger partial charge on any atom is -0.481 e. The second-order valence-corrected chi connectivity index (χ2v) is 9.75. The van der Waals surface area contributed by atoms with Gasteiger partial charge in [-0.25, -0.2) is 19.2 Å². The van der Waals surface area contributed by atoms with Crippen molar-refractivity contribution >= 4 is 30.2 Å². The van der Waals surface area contributed by atoms with Crippen molar-refractivity contribution in [3.05, 3.63) is 91.0 Å². The zero-order valence-electron chi connectivity index (χ0n) is 24.8. The Bertz CT molecular complexity index is 1440. The Balaban J connectivity index is 2.10. The van der Waals surface area contributed by atoms with Crippen LogP contribution in [0.25, 0.3) is 0 Å². The second kappa shape index (κ2) is 16.3. The van der Waals surface area contributed by atoms with E-state index in [9.17, 15) is 34.2 Å². The van der Waals surface area contributed by atoms with Gasteiger partial charge in [0, 0.05) is 6.42 Å². The van der Waals surface area contributed by atoms with Crippen LogP contribution in [-0.4, -0.2) is 63.1 Å². The number of carboxylic acid groups (broad SMARTS) is 2. The van der Waals surface area contributed by atoms with Crippen LogP contribution in [0.3, 0.4) is 0 Å². The second-order valence-electron chi connectivity index (χ2n) is 9.75. The molecular weight excluding hydrogens is 586 g/mol. The summed E-state index contributed by atoms with van der Waals surface area (Å²) in [6.07, 6.45) is -6.28. The fourth-order valence-electron chi connectivity index (χ4n) is 4.76. The first-order chi connectivity index (χ1) is 21.6. The van der Waals surface area contributed by atoms with Crippen molar-refractivity contribution in [2.24, 2.45) is 0 Å². The van der Waals surface area contributed by atoms with Crippen LogP contribution in [0.1, 0.15) is 39.5 Å². The third-order valence-electron chi connectivity index (χ3n) is 6.83. The van der Waals surface area contributed by atoms with Crippen molar-refractivity contribution in [1.82, 2.24) is 15.5 Å². The highest BCUT2D eigenvalue weighted by atomic mass is 16.6. The molecule has 3 rings (SSSR count). The molecule has 0 aliphatic rings. The lowest BCUT2D eigenvalue weighted by molar-refractivity contribution is -0.156. The summed E-state index contributed by atoms with van der Waals surface area (Å²) in [4.78, 5) is 66.0. The lowest BCUT2D eigenvalue weighted by atomic mass is 9.81. The molecule has 2 unspecified atom stereocenters. The largest absolute Gasteiger partial charge is 0.481 e. The van der Waals surface area contributed by atoms with Crippen molar-refractivity contribution in [2.75, 3.05) is 0 Å². The van der Waals surface area contributed by atoms with Crippen molar-refractivity contribution in [3.8, 4) is 17.2 Å². The molecule has 0 aromatic heterocycles. The number of hydrogen-bond acceptors (Lipinski definition) is 8. The predicted octanol–water partition coefficient (Wildman–Crippen LogP) is 5.27. The molecule has 0 aliphatic heterocycles. The summed E-state index contributed by atoms with van der Waals surface area (Å²) in [5, 5.41) is 25.5. The van der Waals surface area contributed by atoms with E-state index in [1.165, 1.54) is 36.4 Å². The number of benzene rings is 3. The van der Waals surface area contributed by atoms with Crippen molar-refractivity contribution in [2.45, 2.75) is 57.3 Å². The Kier molecular flexibility index (Phi) is 12.3. The third kappa shape index (κ3) is 9.20. The Morgan fingerprint density at radius 1 is 0.689 bits per heavy atom. The number of amides is 3. The number of para-hydroxylation sites is 3. The zero-order valence-corrected chi connectivity index (χ0v) is 24.8. The maximum Gasteiger partial charge on any atom is 0.417 e. The number of carbonyl (C=O) groups is 5. The topological polar surface area (TPSA) is 181 Å². The number of ether oxygens (including phenoxy) is 3. The van der Waals surface area contributed by atoms with Crippen LogP contribution in [0, 0.1) is 0 Å². The molecule has 0 bridgehead atoms.